The minimum Gasteiger partial charge on any atom is -0.369 e. The Hall–Kier alpha value is -2.47. The van der Waals surface area contributed by atoms with Gasteiger partial charge in [-0.2, -0.15) is 13.2 Å². The number of primary amides is 1. The lowest BCUT2D eigenvalue weighted by atomic mass is 9.90. The highest BCUT2D eigenvalue weighted by molar-refractivity contribution is 5.85. The van der Waals surface area contributed by atoms with E-state index in [1.807, 2.05) is 0 Å². The number of likely N-dealkylation sites (tertiary alicyclic amines) is 1. The zero-order valence-corrected chi connectivity index (χ0v) is 16.5. The molecule has 2 fully saturated rings. The maximum Gasteiger partial charge on any atom is 0.419 e. The number of anilines is 1. The second-order valence-electron chi connectivity index (χ2n) is 7.70. The normalized spacial score (nSPS) is 26.2. The molecule has 1 aromatic heterocycles. The van der Waals surface area contributed by atoms with Crippen molar-refractivity contribution in [1.29, 1.82) is 0 Å². The summed E-state index contributed by atoms with van der Waals surface area (Å²) in [5.74, 6) is -1.42. The number of hydrogen-bond donors (Lipinski definition) is 2. The predicted molar refractivity (Wildman–Crippen MR) is 100 cm³/mol. The van der Waals surface area contributed by atoms with Crippen LogP contribution in [0, 0.1) is 5.92 Å². The van der Waals surface area contributed by atoms with Crippen LogP contribution in [0.4, 0.5) is 19.1 Å². The molecule has 1 aromatic rings. The molecule has 2 saturated heterocycles. The second kappa shape index (κ2) is 8.72. The lowest BCUT2D eigenvalue weighted by Crippen LogP contribution is -2.56. The van der Waals surface area contributed by atoms with Crippen LogP contribution in [-0.2, 0) is 20.5 Å². The number of halogens is 3. The first-order chi connectivity index (χ1) is 14.1. The first kappa shape index (κ1) is 22.2. The van der Waals surface area contributed by atoms with Crippen molar-refractivity contribution < 1.29 is 27.5 Å². The summed E-state index contributed by atoms with van der Waals surface area (Å²) < 4.78 is 43.7. The number of rotatable bonds is 6. The average Bonchev–Trinajstić information content (AvgIpc) is 3.05. The van der Waals surface area contributed by atoms with E-state index in [1.165, 1.54) is 0 Å². The SMILES string of the molecule is CC(N)COC1CCN(C2CCN(c3ncc(C(F)(F)F)cn3)CC2C(N)=O)C1=O. The zero-order chi connectivity index (χ0) is 22.1. The fraction of sp³-hybridized carbons (Fsp3) is 0.667. The van der Waals surface area contributed by atoms with Crippen molar-refractivity contribution in [3.05, 3.63) is 18.0 Å². The number of nitrogens with zero attached hydrogens (tertiary/aromatic N) is 4. The van der Waals surface area contributed by atoms with Crippen LogP contribution in [0.15, 0.2) is 12.4 Å². The van der Waals surface area contributed by atoms with E-state index in [2.05, 4.69) is 9.97 Å². The van der Waals surface area contributed by atoms with Crippen molar-refractivity contribution >= 4 is 17.8 Å². The molecule has 2 amide bonds. The quantitative estimate of drug-likeness (QED) is 0.657. The predicted octanol–water partition coefficient (Wildman–Crippen LogP) is 0.140. The fourth-order valence-electron chi connectivity index (χ4n) is 3.83. The molecule has 2 aliphatic heterocycles. The molecule has 0 saturated carbocycles. The van der Waals surface area contributed by atoms with E-state index in [1.54, 1.807) is 16.7 Å². The summed E-state index contributed by atoms with van der Waals surface area (Å²) in [6.07, 6.45) is -2.81. The summed E-state index contributed by atoms with van der Waals surface area (Å²) in [6, 6.07) is -0.609. The molecule has 2 aliphatic rings. The van der Waals surface area contributed by atoms with Gasteiger partial charge >= 0.3 is 6.18 Å². The maximum atomic E-state index is 12.7. The van der Waals surface area contributed by atoms with Gasteiger partial charge in [-0.25, -0.2) is 9.97 Å². The van der Waals surface area contributed by atoms with Crippen LogP contribution in [0.1, 0.15) is 25.3 Å². The monoisotopic (exact) mass is 430 g/mol. The third-order valence-corrected chi connectivity index (χ3v) is 5.34. The maximum absolute atomic E-state index is 12.7. The molecule has 4 atom stereocenters. The lowest BCUT2D eigenvalue weighted by Gasteiger charge is -2.41. The van der Waals surface area contributed by atoms with Crippen LogP contribution >= 0.6 is 0 Å². The Bertz CT molecular complexity index is 773. The van der Waals surface area contributed by atoms with Crippen LogP contribution in [0.5, 0.6) is 0 Å². The third-order valence-electron chi connectivity index (χ3n) is 5.34. The van der Waals surface area contributed by atoms with Gasteiger partial charge in [0.1, 0.15) is 6.10 Å². The van der Waals surface area contributed by atoms with Gasteiger partial charge in [0.2, 0.25) is 11.9 Å². The average molecular weight is 430 g/mol. The first-order valence-corrected chi connectivity index (χ1v) is 9.69. The van der Waals surface area contributed by atoms with E-state index >= 15 is 0 Å². The number of carbonyl (C=O) groups excluding carboxylic acids is 2. The Kier molecular flexibility index (Phi) is 6.46. The Balaban J connectivity index is 1.69. The molecule has 3 rings (SSSR count). The number of ether oxygens (including phenoxy) is 1. The summed E-state index contributed by atoms with van der Waals surface area (Å²) in [7, 11) is 0. The lowest BCUT2D eigenvalue weighted by molar-refractivity contribution is -0.142. The number of piperidine rings is 1. The van der Waals surface area contributed by atoms with Crippen molar-refractivity contribution in [1.82, 2.24) is 14.9 Å². The molecule has 0 aliphatic carbocycles. The minimum atomic E-state index is -4.53. The molecule has 3 heterocycles. The fourth-order valence-corrected chi connectivity index (χ4v) is 3.83. The molecule has 0 bridgehead atoms. The second-order valence-corrected chi connectivity index (χ2v) is 7.70. The first-order valence-electron chi connectivity index (χ1n) is 9.69. The molecule has 166 valence electrons. The van der Waals surface area contributed by atoms with Gasteiger partial charge in [0.05, 0.1) is 18.1 Å². The minimum absolute atomic E-state index is 0.0820. The number of carbonyl (C=O) groups is 2. The molecule has 4 unspecified atom stereocenters. The molecule has 0 aromatic carbocycles. The molecule has 4 N–H and O–H groups in total. The number of hydrogen-bond acceptors (Lipinski definition) is 7. The van der Waals surface area contributed by atoms with Crippen molar-refractivity contribution in [2.75, 3.05) is 31.1 Å². The molecule has 30 heavy (non-hydrogen) atoms. The topological polar surface area (TPSA) is 128 Å². The highest BCUT2D eigenvalue weighted by Gasteiger charge is 2.44. The van der Waals surface area contributed by atoms with E-state index in [9.17, 15) is 22.8 Å². The van der Waals surface area contributed by atoms with Crippen molar-refractivity contribution in [2.45, 2.75) is 44.1 Å². The number of alkyl halides is 3. The largest absolute Gasteiger partial charge is 0.419 e. The van der Waals surface area contributed by atoms with Gasteiger partial charge in [-0.3, -0.25) is 9.59 Å². The van der Waals surface area contributed by atoms with Crippen LogP contribution in [0.2, 0.25) is 0 Å². The Morgan fingerprint density at radius 2 is 1.97 bits per heavy atom. The number of amides is 2. The van der Waals surface area contributed by atoms with Crippen LogP contribution in [0.25, 0.3) is 0 Å². The summed E-state index contributed by atoms with van der Waals surface area (Å²) in [5.41, 5.74) is 10.3. The molecule has 9 nitrogen and oxygen atoms in total. The van der Waals surface area contributed by atoms with Crippen LogP contribution < -0.4 is 16.4 Å². The van der Waals surface area contributed by atoms with Gasteiger partial charge in [0.15, 0.2) is 0 Å². The van der Waals surface area contributed by atoms with Gasteiger partial charge in [-0.15, -0.1) is 0 Å². The number of aromatic nitrogens is 2. The van der Waals surface area contributed by atoms with Gasteiger partial charge in [-0.05, 0) is 13.3 Å². The Morgan fingerprint density at radius 1 is 1.30 bits per heavy atom. The van der Waals surface area contributed by atoms with Crippen molar-refractivity contribution in [3.63, 3.8) is 0 Å². The zero-order valence-electron chi connectivity index (χ0n) is 16.5. The van der Waals surface area contributed by atoms with E-state index < -0.39 is 35.7 Å². The molecule has 0 spiro atoms. The summed E-state index contributed by atoms with van der Waals surface area (Å²) in [5, 5.41) is 0. The van der Waals surface area contributed by atoms with Crippen molar-refractivity contribution in [3.8, 4) is 0 Å². The van der Waals surface area contributed by atoms with Gasteiger partial charge < -0.3 is 26.0 Å². The van der Waals surface area contributed by atoms with Gasteiger partial charge in [0.25, 0.3) is 5.91 Å². The van der Waals surface area contributed by atoms with E-state index in [4.69, 9.17) is 16.2 Å². The van der Waals surface area contributed by atoms with Gasteiger partial charge in [-0.1, -0.05) is 0 Å². The Labute approximate surface area is 171 Å². The van der Waals surface area contributed by atoms with Crippen LogP contribution in [-0.4, -0.2) is 71.1 Å². The highest BCUT2D eigenvalue weighted by Crippen LogP contribution is 2.31. The molecule has 0 radical (unpaired) electrons. The smallest absolute Gasteiger partial charge is 0.369 e. The van der Waals surface area contributed by atoms with E-state index in [0.717, 1.165) is 0 Å². The summed E-state index contributed by atoms with van der Waals surface area (Å²) in [4.78, 5) is 35.6. The molecule has 12 heteroatoms. The molecular weight excluding hydrogens is 405 g/mol. The summed E-state index contributed by atoms with van der Waals surface area (Å²) in [6.45, 7) is 2.95. The summed E-state index contributed by atoms with van der Waals surface area (Å²) >= 11 is 0. The van der Waals surface area contributed by atoms with Crippen LogP contribution in [0.3, 0.4) is 0 Å². The van der Waals surface area contributed by atoms with E-state index in [-0.39, 0.29) is 31.0 Å². The van der Waals surface area contributed by atoms with E-state index in [0.29, 0.717) is 38.3 Å². The van der Waals surface area contributed by atoms with Crippen molar-refractivity contribution in [2.24, 2.45) is 17.4 Å². The number of nitrogens with two attached hydrogens (primary N) is 2. The molecular formula is C18H25F3N6O3. The standard InChI is InChI=1S/C18H25F3N6O3/c1-10(22)9-30-14-3-5-27(16(14)29)13-2-4-26(8-12(13)15(23)28)17-24-6-11(7-25-17)18(19,20)21/h6-7,10,12-14H,2-5,8-9,22H2,1H3,(H2,23,28). The Morgan fingerprint density at radius 3 is 2.53 bits per heavy atom. The third kappa shape index (κ3) is 4.81. The highest BCUT2D eigenvalue weighted by atomic mass is 19.4. The van der Waals surface area contributed by atoms with Gasteiger partial charge in [0, 0.05) is 50.5 Å².